The number of esters is 1. The summed E-state index contributed by atoms with van der Waals surface area (Å²) in [5.41, 5.74) is 0. The van der Waals surface area contributed by atoms with E-state index in [9.17, 15) is 9.59 Å². The Bertz CT molecular complexity index is 243. The van der Waals surface area contributed by atoms with E-state index in [1.54, 1.807) is 13.8 Å². The lowest BCUT2D eigenvalue weighted by molar-refractivity contribution is -0.149. The molecule has 0 aliphatic rings. The van der Waals surface area contributed by atoms with Crippen LogP contribution in [-0.4, -0.2) is 25.5 Å². The summed E-state index contributed by atoms with van der Waals surface area (Å²) in [7, 11) is 1.47. The van der Waals surface area contributed by atoms with Gasteiger partial charge in [0.15, 0.2) is 5.78 Å². The number of rotatable bonds is 5. The second kappa shape index (κ2) is 6.18. The molecule has 0 bridgehead atoms. The van der Waals surface area contributed by atoms with Crippen LogP contribution in [0.1, 0.15) is 20.8 Å². The molecule has 0 aliphatic heterocycles. The average Bonchev–Trinajstić information content (AvgIpc) is 2.16. The van der Waals surface area contributed by atoms with E-state index in [0.717, 1.165) is 0 Å². The van der Waals surface area contributed by atoms with Crippen molar-refractivity contribution in [3.63, 3.8) is 0 Å². The van der Waals surface area contributed by atoms with E-state index in [2.05, 4.69) is 0 Å². The number of carbonyl (C=O) groups excluding carboxylic acids is 2. The van der Waals surface area contributed by atoms with E-state index in [1.165, 1.54) is 20.1 Å². The fourth-order valence-corrected chi connectivity index (χ4v) is 0.768. The van der Waals surface area contributed by atoms with Crippen molar-refractivity contribution in [3.8, 4) is 0 Å². The molecule has 0 heterocycles. The van der Waals surface area contributed by atoms with E-state index < -0.39 is 11.9 Å². The molecule has 0 unspecified atom stereocenters. The van der Waals surface area contributed by atoms with Crippen LogP contribution in [0.5, 0.6) is 0 Å². The molecule has 0 saturated heterocycles. The number of carbonyl (C=O) groups is 2. The highest BCUT2D eigenvalue weighted by molar-refractivity contribution is 6.04. The maximum Gasteiger partial charge on any atom is 0.316 e. The molecule has 0 N–H and O–H groups in total. The Balaban J connectivity index is 4.32. The maximum atomic E-state index is 11.4. The number of hydrogen-bond acceptors (Lipinski definition) is 4. The quantitative estimate of drug-likeness (QED) is 0.290. The predicted molar refractivity (Wildman–Crippen MR) is 51.6 cm³/mol. The van der Waals surface area contributed by atoms with Crippen LogP contribution < -0.4 is 0 Å². The summed E-state index contributed by atoms with van der Waals surface area (Å²) in [6.45, 7) is 5.14. The van der Waals surface area contributed by atoms with E-state index in [-0.39, 0.29) is 12.4 Å². The molecule has 0 aliphatic carbocycles. The summed E-state index contributed by atoms with van der Waals surface area (Å²) in [5.74, 6) is -1.09. The van der Waals surface area contributed by atoms with Gasteiger partial charge in [0.25, 0.3) is 0 Å². The van der Waals surface area contributed by atoms with Crippen molar-refractivity contribution in [1.82, 2.24) is 0 Å². The molecule has 0 fully saturated rings. The van der Waals surface area contributed by atoms with E-state index in [0.29, 0.717) is 5.76 Å². The largest absolute Gasteiger partial charge is 0.501 e. The molecule has 0 aromatic carbocycles. The molecule has 0 rings (SSSR count). The van der Waals surface area contributed by atoms with Crippen LogP contribution in [0.4, 0.5) is 0 Å². The Kier molecular flexibility index (Phi) is 5.60. The number of hydrogen-bond donors (Lipinski definition) is 0. The Morgan fingerprint density at radius 3 is 2.43 bits per heavy atom. The van der Waals surface area contributed by atoms with Gasteiger partial charge in [-0.1, -0.05) is 0 Å². The van der Waals surface area contributed by atoms with Gasteiger partial charge >= 0.3 is 5.97 Å². The number of ether oxygens (including phenoxy) is 2. The van der Waals surface area contributed by atoms with Gasteiger partial charge in [-0.05, 0) is 20.8 Å². The minimum Gasteiger partial charge on any atom is -0.501 e. The standard InChI is InChI=1S/C10H16O4/c1-5-14-10(12)8(3)9(11)6-7(2)13-4/h6,8H,5H2,1-4H3/b7-6+/t8-/m0/s1. The highest BCUT2D eigenvalue weighted by Gasteiger charge is 2.20. The Labute approximate surface area is 83.9 Å². The molecular formula is C10H16O4. The van der Waals surface area contributed by atoms with Crippen LogP contribution >= 0.6 is 0 Å². The molecule has 0 saturated carbocycles. The number of methoxy groups -OCH3 is 1. The van der Waals surface area contributed by atoms with Crippen molar-refractivity contribution in [1.29, 1.82) is 0 Å². The zero-order chi connectivity index (χ0) is 11.1. The van der Waals surface area contributed by atoms with E-state index >= 15 is 0 Å². The van der Waals surface area contributed by atoms with Crippen molar-refractivity contribution in [2.24, 2.45) is 5.92 Å². The van der Waals surface area contributed by atoms with Crippen molar-refractivity contribution in [3.05, 3.63) is 11.8 Å². The van der Waals surface area contributed by atoms with Crippen molar-refractivity contribution >= 4 is 11.8 Å². The lowest BCUT2D eigenvalue weighted by Crippen LogP contribution is -2.22. The molecule has 0 aromatic heterocycles. The Morgan fingerprint density at radius 1 is 1.43 bits per heavy atom. The summed E-state index contributed by atoms with van der Waals surface area (Å²) in [6, 6.07) is 0. The van der Waals surface area contributed by atoms with Crippen LogP contribution in [-0.2, 0) is 19.1 Å². The molecule has 80 valence electrons. The van der Waals surface area contributed by atoms with E-state index in [4.69, 9.17) is 9.47 Å². The first-order valence-corrected chi connectivity index (χ1v) is 4.45. The molecule has 0 radical (unpaired) electrons. The van der Waals surface area contributed by atoms with Crippen LogP contribution in [0.2, 0.25) is 0 Å². The number of allylic oxidation sites excluding steroid dienone is 2. The molecule has 0 aromatic rings. The maximum absolute atomic E-state index is 11.4. The molecular weight excluding hydrogens is 184 g/mol. The highest BCUT2D eigenvalue weighted by Crippen LogP contribution is 2.04. The zero-order valence-electron chi connectivity index (χ0n) is 8.99. The summed E-state index contributed by atoms with van der Waals surface area (Å²) in [6.07, 6.45) is 1.29. The molecule has 4 heteroatoms. The number of ketones is 1. The average molecular weight is 200 g/mol. The summed E-state index contributed by atoms with van der Waals surface area (Å²) < 4.78 is 9.51. The molecule has 14 heavy (non-hydrogen) atoms. The molecule has 1 atom stereocenters. The second-order valence-electron chi connectivity index (χ2n) is 2.84. The Morgan fingerprint density at radius 2 is 2.00 bits per heavy atom. The first-order chi connectivity index (χ1) is 6.52. The Hall–Kier alpha value is -1.32. The minimum atomic E-state index is -0.764. The van der Waals surface area contributed by atoms with Gasteiger partial charge in [0, 0.05) is 6.08 Å². The van der Waals surface area contributed by atoms with Crippen molar-refractivity contribution in [2.75, 3.05) is 13.7 Å². The third kappa shape index (κ3) is 4.07. The minimum absolute atomic E-state index is 0.281. The fourth-order valence-electron chi connectivity index (χ4n) is 0.768. The third-order valence-corrected chi connectivity index (χ3v) is 1.73. The van der Waals surface area contributed by atoms with Crippen LogP contribution in [0.3, 0.4) is 0 Å². The lowest BCUT2D eigenvalue weighted by atomic mass is 10.1. The highest BCUT2D eigenvalue weighted by atomic mass is 16.5. The SMILES string of the molecule is CCOC(=O)[C@@H](C)C(=O)/C=C(\C)OC. The van der Waals surface area contributed by atoms with Gasteiger partial charge in [-0.3, -0.25) is 9.59 Å². The normalized spacial score (nSPS) is 13.3. The summed E-state index contributed by atoms with van der Waals surface area (Å²) in [5, 5.41) is 0. The van der Waals surface area contributed by atoms with Crippen molar-refractivity contribution in [2.45, 2.75) is 20.8 Å². The molecule has 0 spiro atoms. The predicted octanol–water partition coefficient (Wildman–Crippen LogP) is 1.30. The second-order valence-corrected chi connectivity index (χ2v) is 2.84. The summed E-state index contributed by atoms with van der Waals surface area (Å²) >= 11 is 0. The van der Waals surface area contributed by atoms with Gasteiger partial charge in [0.1, 0.15) is 5.92 Å². The smallest absolute Gasteiger partial charge is 0.316 e. The monoisotopic (exact) mass is 200 g/mol. The fraction of sp³-hybridized carbons (Fsp3) is 0.600. The first-order valence-electron chi connectivity index (χ1n) is 4.45. The summed E-state index contributed by atoms with van der Waals surface area (Å²) in [4.78, 5) is 22.5. The van der Waals surface area contributed by atoms with Gasteiger partial charge in [0.2, 0.25) is 0 Å². The van der Waals surface area contributed by atoms with Gasteiger partial charge in [-0.25, -0.2) is 0 Å². The topological polar surface area (TPSA) is 52.6 Å². The van der Waals surface area contributed by atoms with Crippen LogP contribution in [0.15, 0.2) is 11.8 Å². The van der Waals surface area contributed by atoms with Gasteiger partial charge in [-0.2, -0.15) is 0 Å². The molecule has 4 nitrogen and oxygen atoms in total. The van der Waals surface area contributed by atoms with Crippen molar-refractivity contribution < 1.29 is 19.1 Å². The van der Waals surface area contributed by atoms with Gasteiger partial charge < -0.3 is 9.47 Å². The van der Waals surface area contributed by atoms with Gasteiger partial charge in [0.05, 0.1) is 19.5 Å². The van der Waals surface area contributed by atoms with Crippen LogP contribution in [0.25, 0.3) is 0 Å². The van der Waals surface area contributed by atoms with Crippen LogP contribution in [0, 0.1) is 5.92 Å². The third-order valence-electron chi connectivity index (χ3n) is 1.73. The van der Waals surface area contributed by atoms with E-state index in [1.807, 2.05) is 0 Å². The first kappa shape index (κ1) is 12.7. The lowest BCUT2D eigenvalue weighted by Gasteiger charge is -2.07. The molecule has 0 amide bonds. The zero-order valence-corrected chi connectivity index (χ0v) is 8.99. The van der Waals surface area contributed by atoms with Gasteiger partial charge in [-0.15, -0.1) is 0 Å².